The minimum Gasteiger partial charge on any atom is -0.265 e. The third-order valence-electron chi connectivity index (χ3n) is 2.75. The molecule has 0 aliphatic heterocycles. The molecule has 0 amide bonds. The highest BCUT2D eigenvalue weighted by Crippen LogP contribution is 2.19. The Kier molecular flexibility index (Phi) is 2.51. The maximum absolute atomic E-state index is 4.51. The van der Waals surface area contributed by atoms with Gasteiger partial charge in [0.2, 0.25) is 0 Å². The van der Waals surface area contributed by atoms with E-state index in [2.05, 4.69) is 33.9 Å². The molecule has 0 radical (unpaired) electrons. The maximum atomic E-state index is 4.51. The van der Waals surface area contributed by atoms with Crippen LogP contribution in [0.5, 0.6) is 0 Å². The maximum Gasteiger partial charge on any atom is 0.252 e. The van der Waals surface area contributed by atoms with E-state index in [1.807, 2.05) is 18.2 Å². The number of hydrogen-bond donors (Lipinski definition) is 0. The minimum absolute atomic E-state index is 0.289. The Morgan fingerprint density at radius 2 is 1.83 bits per heavy atom. The largest absolute Gasteiger partial charge is 0.265 e. The van der Waals surface area contributed by atoms with Crippen LogP contribution in [-0.4, -0.2) is 24.6 Å². The number of pyridine rings is 1. The lowest BCUT2D eigenvalue weighted by atomic mass is 10.2. The smallest absolute Gasteiger partial charge is 0.252 e. The summed E-state index contributed by atoms with van der Waals surface area (Å²) in [6.45, 7) is 4.14. The van der Waals surface area contributed by atoms with Gasteiger partial charge in [0.15, 0.2) is 5.82 Å². The second-order valence-electron chi connectivity index (χ2n) is 4.40. The van der Waals surface area contributed by atoms with Crippen LogP contribution in [0.4, 0.5) is 0 Å². The molecule has 0 aliphatic carbocycles. The summed E-state index contributed by atoms with van der Waals surface area (Å²) in [6.07, 6.45) is 5.29. The van der Waals surface area contributed by atoms with Gasteiger partial charge in [0.05, 0.1) is 5.69 Å². The van der Waals surface area contributed by atoms with Crippen LogP contribution < -0.4 is 0 Å². The van der Waals surface area contributed by atoms with Gasteiger partial charge in [0.1, 0.15) is 0 Å². The van der Waals surface area contributed by atoms with E-state index in [4.69, 9.17) is 0 Å². The zero-order valence-corrected chi connectivity index (χ0v) is 10.3. The number of aromatic nitrogens is 5. The fraction of sp³-hybridized carbons (Fsp3) is 0.231. The van der Waals surface area contributed by atoms with Crippen molar-refractivity contribution in [1.29, 1.82) is 0 Å². The molecule has 0 fully saturated rings. The molecule has 0 bridgehead atoms. The molecule has 90 valence electrons. The molecule has 5 heteroatoms. The summed E-state index contributed by atoms with van der Waals surface area (Å²) in [5.74, 6) is 1.73. The molecule has 3 rings (SSSR count). The number of fused-ring (bicyclic) bond motifs is 1. The summed E-state index contributed by atoms with van der Waals surface area (Å²) >= 11 is 0. The van der Waals surface area contributed by atoms with Crippen LogP contribution in [0.25, 0.3) is 17.0 Å². The summed E-state index contributed by atoms with van der Waals surface area (Å²) in [7, 11) is 0. The highest BCUT2D eigenvalue weighted by atomic mass is 15.3. The molecule has 0 atom stereocenters. The first-order chi connectivity index (χ1) is 8.75. The SMILES string of the molecule is CC(C)c1nc2nccc(-c3ccncc3)n2n1. The van der Waals surface area contributed by atoms with Gasteiger partial charge in [-0.3, -0.25) is 4.98 Å². The van der Waals surface area contributed by atoms with Crippen molar-refractivity contribution in [3.63, 3.8) is 0 Å². The Morgan fingerprint density at radius 3 is 2.56 bits per heavy atom. The molecule has 0 saturated heterocycles. The first kappa shape index (κ1) is 10.8. The molecule has 3 heterocycles. The van der Waals surface area contributed by atoms with Gasteiger partial charge in [-0.05, 0) is 18.2 Å². The van der Waals surface area contributed by atoms with Gasteiger partial charge < -0.3 is 0 Å². The first-order valence-electron chi connectivity index (χ1n) is 5.88. The van der Waals surface area contributed by atoms with Gasteiger partial charge in [0.25, 0.3) is 5.78 Å². The summed E-state index contributed by atoms with van der Waals surface area (Å²) in [6, 6.07) is 5.83. The molecule has 0 spiro atoms. The lowest BCUT2D eigenvalue weighted by Gasteiger charge is -2.02. The van der Waals surface area contributed by atoms with E-state index in [-0.39, 0.29) is 5.92 Å². The quantitative estimate of drug-likeness (QED) is 0.688. The van der Waals surface area contributed by atoms with Gasteiger partial charge in [-0.25, -0.2) is 4.98 Å². The zero-order valence-electron chi connectivity index (χ0n) is 10.3. The van der Waals surface area contributed by atoms with Crippen molar-refractivity contribution < 1.29 is 0 Å². The Balaban J connectivity index is 2.24. The lowest BCUT2D eigenvalue weighted by Crippen LogP contribution is -1.96. The van der Waals surface area contributed by atoms with Crippen LogP contribution in [0.3, 0.4) is 0 Å². The monoisotopic (exact) mass is 239 g/mol. The van der Waals surface area contributed by atoms with Crippen LogP contribution in [0, 0.1) is 0 Å². The molecule has 3 aromatic rings. The molecule has 0 aromatic carbocycles. The minimum atomic E-state index is 0.289. The lowest BCUT2D eigenvalue weighted by molar-refractivity contribution is 0.766. The molecule has 0 unspecified atom stereocenters. The Labute approximate surface area is 105 Å². The normalized spacial score (nSPS) is 11.3. The Bertz CT molecular complexity index is 672. The fourth-order valence-corrected chi connectivity index (χ4v) is 1.80. The number of hydrogen-bond acceptors (Lipinski definition) is 4. The van der Waals surface area contributed by atoms with E-state index in [9.17, 15) is 0 Å². The summed E-state index contributed by atoms with van der Waals surface area (Å²) in [5.41, 5.74) is 2.03. The average Bonchev–Trinajstić information content (AvgIpc) is 2.83. The van der Waals surface area contributed by atoms with Crippen LogP contribution in [0.2, 0.25) is 0 Å². The predicted octanol–water partition coefficient (Wildman–Crippen LogP) is 2.31. The Hall–Kier alpha value is -2.30. The molecule has 0 N–H and O–H groups in total. The Morgan fingerprint density at radius 1 is 1.06 bits per heavy atom. The van der Waals surface area contributed by atoms with E-state index in [0.29, 0.717) is 5.78 Å². The number of rotatable bonds is 2. The van der Waals surface area contributed by atoms with Crippen molar-refractivity contribution in [2.45, 2.75) is 19.8 Å². The van der Waals surface area contributed by atoms with E-state index in [0.717, 1.165) is 17.1 Å². The molecule has 0 aliphatic rings. The second kappa shape index (κ2) is 4.18. The van der Waals surface area contributed by atoms with Crippen LogP contribution in [-0.2, 0) is 0 Å². The van der Waals surface area contributed by atoms with E-state index in [1.54, 1.807) is 23.1 Å². The van der Waals surface area contributed by atoms with Gasteiger partial charge in [-0.2, -0.15) is 9.50 Å². The molecular formula is C13H13N5. The van der Waals surface area contributed by atoms with Gasteiger partial charge in [-0.1, -0.05) is 13.8 Å². The third-order valence-corrected chi connectivity index (χ3v) is 2.75. The zero-order chi connectivity index (χ0) is 12.5. The molecule has 3 aromatic heterocycles. The first-order valence-corrected chi connectivity index (χ1v) is 5.88. The van der Waals surface area contributed by atoms with Gasteiger partial charge in [0, 0.05) is 30.1 Å². The molecule has 18 heavy (non-hydrogen) atoms. The highest BCUT2D eigenvalue weighted by Gasteiger charge is 2.11. The standard InChI is InChI=1S/C13H13N5/c1-9(2)12-16-13-15-8-5-11(18(13)17-12)10-3-6-14-7-4-10/h3-9H,1-2H3. The highest BCUT2D eigenvalue weighted by molar-refractivity contribution is 5.60. The molecular weight excluding hydrogens is 226 g/mol. The summed E-state index contributed by atoms with van der Waals surface area (Å²) in [5, 5.41) is 4.51. The second-order valence-corrected chi connectivity index (χ2v) is 4.40. The van der Waals surface area contributed by atoms with Crippen LogP contribution in [0.15, 0.2) is 36.8 Å². The fourth-order valence-electron chi connectivity index (χ4n) is 1.80. The van der Waals surface area contributed by atoms with Gasteiger partial charge >= 0.3 is 0 Å². The molecule has 5 nitrogen and oxygen atoms in total. The van der Waals surface area contributed by atoms with Crippen molar-refractivity contribution in [2.24, 2.45) is 0 Å². The van der Waals surface area contributed by atoms with Crippen LogP contribution >= 0.6 is 0 Å². The van der Waals surface area contributed by atoms with E-state index < -0.39 is 0 Å². The third kappa shape index (κ3) is 1.73. The topological polar surface area (TPSA) is 56.0 Å². The van der Waals surface area contributed by atoms with Gasteiger partial charge in [-0.15, -0.1) is 5.10 Å². The predicted molar refractivity (Wildman–Crippen MR) is 68.1 cm³/mol. The van der Waals surface area contributed by atoms with E-state index in [1.165, 1.54) is 0 Å². The van der Waals surface area contributed by atoms with Crippen molar-refractivity contribution in [2.75, 3.05) is 0 Å². The number of nitrogens with zero attached hydrogens (tertiary/aromatic N) is 5. The average molecular weight is 239 g/mol. The van der Waals surface area contributed by atoms with Crippen molar-refractivity contribution in [1.82, 2.24) is 24.6 Å². The summed E-state index contributed by atoms with van der Waals surface area (Å²) < 4.78 is 1.78. The van der Waals surface area contributed by atoms with Crippen molar-refractivity contribution in [3.8, 4) is 11.3 Å². The summed E-state index contributed by atoms with van der Waals surface area (Å²) in [4.78, 5) is 12.7. The van der Waals surface area contributed by atoms with E-state index >= 15 is 0 Å². The van der Waals surface area contributed by atoms with Crippen molar-refractivity contribution in [3.05, 3.63) is 42.6 Å². The van der Waals surface area contributed by atoms with Crippen LogP contribution in [0.1, 0.15) is 25.6 Å². The molecule has 0 saturated carbocycles. The van der Waals surface area contributed by atoms with Crippen molar-refractivity contribution >= 4 is 5.78 Å².